The van der Waals surface area contributed by atoms with Crippen LogP contribution in [0, 0.1) is 6.92 Å². The third-order valence-corrected chi connectivity index (χ3v) is 3.54. The number of rotatable bonds is 4. The van der Waals surface area contributed by atoms with Gasteiger partial charge in [0.25, 0.3) is 0 Å². The molecule has 5 nitrogen and oxygen atoms in total. The average Bonchev–Trinajstić information content (AvgIpc) is 2.85. The molecule has 5 heteroatoms. The summed E-state index contributed by atoms with van der Waals surface area (Å²) in [6, 6.07) is 8.26. The third kappa shape index (κ3) is 2.43. The maximum Gasteiger partial charge on any atom is 0.222 e. The number of nitrogens with zero attached hydrogens (tertiary/aromatic N) is 4. The molecule has 0 aliphatic heterocycles. The van der Waals surface area contributed by atoms with Gasteiger partial charge in [0, 0.05) is 12.2 Å². The molecule has 22 heavy (non-hydrogen) atoms. The Morgan fingerprint density at radius 1 is 1.23 bits per heavy atom. The highest BCUT2D eigenvalue weighted by Gasteiger charge is 2.14. The fourth-order valence-electron chi connectivity index (χ4n) is 2.55. The van der Waals surface area contributed by atoms with Crippen molar-refractivity contribution in [2.45, 2.75) is 33.7 Å². The van der Waals surface area contributed by atoms with Crippen LogP contribution in [-0.4, -0.2) is 26.4 Å². The molecule has 0 atom stereocenters. The van der Waals surface area contributed by atoms with Crippen molar-refractivity contribution < 1.29 is 4.74 Å². The number of hydrogen-bond acceptors (Lipinski definition) is 4. The van der Waals surface area contributed by atoms with Crippen LogP contribution in [0.3, 0.4) is 0 Å². The zero-order valence-corrected chi connectivity index (χ0v) is 13.4. The standard InChI is InChI=1S/C17H20N4O/c1-5-22-17-13(7-6-10-18-17)14-8-9-15-16(19-14)12(4)20-21(15)11(2)3/h6-11H,5H2,1-4H3. The summed E-state index contributed by atoms with van der Waals surface area (Å²) in [5, 5.41) is 4.59. The van der Waals surface area contributed by atoms with Crippen LogP contribution >= 0.6 is 0 Å². The predicted molar refractivity (Wildman–Crippen MR) is 87.1 cm³/mol. The van der Waals surface area contributed by atoms with Crippen LogP contribution in [-0.2, 0) is 0 Å². The lowest BCUT2D eigenvalue weighted by molar-refractivity contribution is 0.328. The summed E-state index contributed by atoms with van der Waals surface area (Å²) >= 11 is 0. The first kappa shape index (κ1) is 14.5. The Kier molecular flexibility index (Phi) is 3.79. The second kappa shape index (κ2) is 5.75. The molecule has 0 bridgehead atoms. The van der Waals surface area contributed by atoms with Gasteiger partial charge in [-0.05, 0) is 52.0 Å². The van der Waals surface area contributed by atoms with Crippen LogP contribution in [0.25, 0.3) is 22.3 Å². The normalized spacial score (nSPS) is 11.3. The fraction of sp³-hybridized carbons (Fsp3) is 0.353. The Bertz CT molecular complexity index is 808. The van der Waals surface area contributed by atoms with E-state index in [1.54, 1.807) is 6.20 Å². The lowest BCUT2D eigenvalue weighted by atomic mass is 10.1. The van der Waals surface area contributed by atoms with Gasteiger partial charge in [0.1, 0.15) is 5.52 Å². The van der Waals surface area contributed by atoms with Crippen LogP contribution in [0.2, 0.25) is 0 Å². The van der Waals surface area contributed by atoms with E-state index in [1.807, 2.05) is 36.7 Å². The number of aryl methyl sites for hydroxylation is 1. The minimum atomic E-state index is 0.307. The summed E-state index contributed by atoms with van der Waals surface area (Å²) in [4.78, 5) is 9.09. The zero-order chi connectivity index (χ0) is 15.7. The highest BCUT2D eigenvalue weighted by molar-refractivity contribution is 5.81. The van der Waals surface area contributed by atoms with Crippen molar-refractivity contribution in [3.05, 3.63) is 36.2 Å². The van der Waals surface area contributed by atoms with Gasteiger partial charge in [-0.2, -0.15) is 5.10 Å². The Balaban J connectivity index is 2.16. The molecule has 0 fully saturated rings. The Morgan fingerprint density at radius 2 is 2.05 bits per heavy atom. The molecule has 0 aromatic carbocycles. The summed E-state index contributed by atoms with van der Waals surface area (Å²) < 4.78 is 7.61. The maximum atomic E-state index is 5.61. The second-order valence-electron chi connectivity index (χ2n) is 5.48. The van der Waals surface area contributed by atoms with E-state index in [1.165, 1.54) is 0 Å². The van der Waals surface area contributed by atoms with Crippen LogP contribution in [0.1, 0.15) is 32.5 Å². The van der Waals surface area contributed by atoms with Gasteiger partial charge in [-0.25, -0.2) is 9.97 Å². The maximum absolute atomic E-state index is 5.61. The van der Waals surface area contributed by atoms with Crippen LogP contribution in [0.5, 0.6) is 5.88 Å². The van der Waals surface area contributed by atoms with Crippen molar-refractivity contribution in [3.63, 3.8) is 0 Å². The molecule has 3 aromatic heterocycles. The minimum absolute atomic E-state index is 0.307. The SMILES string of the molecule is CCOc1ncccc1-c1ccc2c(n1)c(C)nn2C(C)C. The lowest BCUT2D eigenvalue weighted by Crippen LogP contribution is -2.02. The molecule has 0 saturated carbocycles. The average molecular weight is 296 g/mol. The second-order valence-corrected chi connectivity index (χ2v) is 5.48. The molecule has 0 aliphatic rings. The van der Waals surface area contributed by atoms with Gasteiger partial charge < -0.3 is 4.74 Å². The Morgan fingerprint density at radius 3 is 2.77 bits per heavy atom. The lowest BCUT2D eigenvalue weighted by Gasteiger charge is -2.09. The van der Waals surface area contributed by atoms with Crippen molar-refractivity contribution in [3.8, 4) is 17.1 Å². The van der Waals surface area contributed by atoms with Crippen molar-refractivity contribution in [1.29, 1.82) is 0 Å². The summed E-state index contributed by atoms with van der Waals surface area (Å²) in [5.74, 6) is 0.616. The smallest absolute Gasteiger partial charge is 0.222 e. The molecule has 0 saturated heterocycles. The number of fused-ring (bicyclic) bond motifs is 1. The van der Waals surface area contributed by atoms with Crippen molar-refractivity contribution in [2.75, 3.05) is 6.61 Å². The molecule has 0 amide bonds. The first-order valence-electron chi connectivity index (χ1n) is 7.56. The van der Waals surface area contributed by atoms with Gasteiger partial charge in [-0.3, -0.25) is 4.68 Å². The Labute approximate surface area is 130 Å². The van der Waals surface area contributed by atoms with Gasteiger partial charge in [0.2, 0.25) is 5.88 Å². The van der Waals surface area contributed by atoms with E-state index in [2.05, 4.69) is 30.0 Å². The molecule has 0 spiro atoms. The fourth-order valence-corrected chi connectivity index (χ4v) is 2.55. The van der Waals surface area contributed by atoms with Crippen molar-refractivity contribution in [1.82, 2.24) is 19.7 Å². The number of pyridine rings is 2. The highest BCUT2D eigenvalue weighted by Crippen LogP contribution is 2.29. The van der Waals surface area contributed by atoms with E-state index in [9.17, 15) is 0 Å². The molecular weight excluding hydrogens is 276 g/mol. The first-order chi connectivity index (χ1) is 10.6. The number of ether oxygens (including phenoxy) is 1. The molecule has 0 unspecified atom stereocenters. The van der Waals surface area contributed by atoms with Crippen molar-refractivity contribution >= 4 is 11.0 Å². The molecule has 0 aliphatic carbocycles. The van der Waals surface area contributed by atoms with E-state index in [-0.39, 0.29) is 0 Å². The van der Waals surface area contributed by atoms with Gasteiger partial charge >= 0.3 is 0 Å². The summed E-state index contributed by atoms with van der Waals surface area (Å²) in [6.07, 6.45) is 1.73. The summed E-state index contributed by atoms with van der Waals surface area (Å²) in [7, 11) is 0. The van der Waals surface area contributed by atoms with Crippen LogP contribution in [0.15, 0.2) is 30.5 Å². The number of aromatic nitrogens is 4. The zero-order valence-electron chi connectivity index (χ0n) is 13.4. The Hall–Kier alpha value is -2.43. The van der Waals surface area contributed by atoms with Gasteiger partial charge in [-0.1, -0.05) is 0 Å². The summed E-state index contributed by atoms with van der Waals surface area (Å²) in [5.41, 5.74) is 4.68. The quantitative estimate of drug-likeness (QED) is 0.735. The van der Waals surface area contributed by atoms with E-state index in [0.717, 1.165) is 28.0 Å². The monoisotopic (exact) mass is 296 g/mol. The topological polar surface area (TPSA) is 52.8 Å². The van der Waals surface area contributed by atoms with E-state index in [0.29, 0.717) is 18.5 Å². The van der Waals surface area contributed by atoms with Crippen LogP contribution in [0.4, 0.5) is 0 Å². The number of hydrogen-bond donors (Lipinski definition) is 0. The first-order valence-corrected chi connectivity index (χ1v) is 7.56. The molecule has 0 radical (unpaired) electrons. The third-order valence-electron chi connectivity index (χ3n) is 3.54. The van der Waals surface area contributed by atoms with Gasteiger partial charge in [-0.15, -0.1) is 0 Å². The van der Waals surface area contributed by atoms with Crippen molar-refractivity contribution in [2.24, 2.45) is 0 Å². The predicted octanol–water partition coefficient (Wildman–Crippen LogP) is 3.78. The van der Waals surface area contributed by atoms with E-state index in [4.69, 9.17) is 9.72 Å². The van der Waals surface area contributed by atoms with Crippen LogP contribution < -0.4 is 4.74 Å². The highest BCUT2D eigenvalue weighted by atomic mass is 16.5. The summed E-state index contributed by atoms with van der Waals surface area (Å²) in [6.45, 7) is 8.76. The molecule has 114 valence electrons. The van der Waals surface area contributed by atoms with E-state index >= 15 is 0 Å². The molecule has 3 rings (SSSR count). The molecule has 3 heterocycles. The van der Waals surface area contributed by atoms with Gasteiger partial charge in [0.15, 0.2) is 0 Å². The largest absolute Gasteiger partial charge is 0.477 e. The van der Waals surface area contributed by atoms with Gasteiger partial charge in [0.05, 0.1) is 29.1 Å². The van der Waals surface area contributed by atoms with E-state index < -0.39 is 0 Å². The molecule has 3 aromatic rings. The minimum Gasteiger partial charge on any atom is -0.477 e. The molecule has 0 N–H and O–H groups in total. The molecular formula is C17H20N4O.